The first-order chi connectivity index (χ1) is 12.3. The number of rotatable bonds is 4. The molecule has 0 unspecified atom stereocenters. The maximum absolute atomic E-state index is 12.7. The molecule has 0 bridgehead atoms. The Labute approximate surface area is 157 Å². The highest BCUT2D eigenvalue weighted by molar-refractivity contribution is 7.92. The van der Waals surface area contributed by atoms with Crippen molar-refractivity contribution in [3.63, 3.8) is 0 Å². The van der Waals surface area contributed by atoms with Crippen LogP contribution in [0, 0.1) is 0 Å². The van der Waals surface area contributed by atoms with Gasteiger partial charge in [0.15, 0.2) is 0 Å². The van der Waals surface area contributed by atoms with Crippen LogP contribution in [-0.4, -0.2) is 28.0 Å². The van der Waals surface area contributed by atoms with E-state index in [1.165, 1.54) is 26.2 Å². The Morgan fingerprint density at radius 3 is 2.65 bits per heavy atom. The van der Waals surface area contributed by atoms with Gasteiger partial charge in [-0.1, -0.05) is 11.6 Å². The molecular weight excluding hydrogens is 376 g/mol. The molecule has 26 heavy (non-hydrogen) atoms. The van der Waals surface area contributed by atoms with Gasteiger partial charge in [-0.2, -0.15) is 0 Å². The van der Waals surface area contributed by atoms with E-state index in [4.69, 9.17) is 16.3 Å². The van der Waals surface area contributed by atoms with E-state index in [1.807, 2.05) is 0 Å². The van der Waals surface area contributed by atoms with Gasteiger partial charge in [0.2, 0.25) is 5.91 Å². The minimum atomic E-state index is -3.77. The van der Waals surface area contributed by atoms with Crippen LogP contribution in [0.2, 0.25) is 5.02 Å². The monoisotopic (exact) mass is 394 g/mol. The number of benzene rings is 2. The molecule has 0 fully saturated rings. The van der Waals surface area contributed by atoms with E-state index in [2.05, 4.69) is 4.72 Å². The molecule has 138 valence electrons. The number of nitrogens with one attached hydrogen (secondary N) is 1. The zero-order valence-electron chi connectivity index (χ0n) is 14.5. The van der Waals surface area contributed by atoms with Crippen molar-refractivity contribution < 1.29 is 17.9 Å². The molecule has 2 aromatic rings. The van der Waals surface area contributed by atoms with Gasteiger partial charge in [0.1, 0.15) is 5.75 Å². The van der Waals surface area contributed by atoms with Crippen molar-refractivity contribution in [2.75, 3.05) is 23.3 Å². The van der Waals surface area contributed by atoms with Crippen LogP contribution < -0.4 is 14.4 Å². The number of carbonyl (C=O) groups excluding carboxylic acids is 1. The number of anilines is 2. The van der Waals surface area contributed by atoms with Crippen molar-refractivity contribution in [3.05, 3.63) is 47.0 Å². The van der Waals surface area contributed by atoms with Gasteiger partial charge in [0, 0.05) is 19.2 Å². The van der Waals surface area contributed by atoms with E-state index in [-0.39, 0.29) is 10.8 Å². The van der Waals surface area contributed by atoms with Crippen LogP contribution in [0.25, 0.3) is 0 Å². The Bertz CT molecular complexity index is 960. The van der Waals surface area contributed by atoms with Gasteiger partial charge >= 0.3 is 0 Å². The fraction of sp³-hybridized carbons (Fsp3) is 0.278. The molecule has 6 nitrogen and oxygen atoms in total. The lowest BCUT2D eigenvalue weighted by Crippen LogP contribution is -2.33. The predicted molar refractivity (Wildman–Crippen MR) is 102 cm³/mol. The third-order valence-corrected chi connectivity index (χ3v) is 5.94. The van der Waals surface area contributed by atoms with Crippen molar-refractivity contribution in [1.29, 1.82) is 0 Å². The van der Waals surface area contributed by atoms with Gasteiger partial charge in [-0.3, -0.25) is 9.52 Å². The van der Waals surface area contributed by atoms with Crippen LogP contribution in [0.3, 0.4) is 0 Å². The van der Waals surface area contributed by atoms with Gasteiger partial charge in [0.25, 0.3) is 10.0 Å². The van der Waals surface area contributed by atoms with Gasteiger partial charge in [-0.05, 0) is 54.8 Å². The third kappa shape index (κ3) is 3.64. The van der Waals surface area contributed by atoms with Crippen LogP contribution in [0.15, 0.2) is 41.3 Å². The predicted octanol–water partition coefficient (Wildman–Crippen LogP) is 3.45. The summed E-state index contributed by atoms with van der Waals surface area (Å²) in [4.78, 5) is 13.6. The van der Waals surface area contributed by atoms with Gasteiger partial charge in [-0.25, -0.2) is 8.42 Å². The van der Waals surface area contributed by atoms with E-state index in [1.54, 1.807) is 29.2 Å². The van der Waals surface area contributed by atoms with E-state index < -0.39 is 10.0 Å². The molecule has 0 aromatic heterocycles. The van der Waals surface area contributed by atoms with Crippen molar-refractivity contribution in [2.45, 2.75) is 24.7 Å². The fourth-order valence-corrected chi connectivity index (χ4v) is 4.37. The quantitative estimate of drug-likeness (QED) is 0.861. The summed E-state index contributed by atoms with van der Waals surface area (Å²) in [7, 11) is -2.29. The van der Waals surface area contributed by atoms with E-state index in [9.17, 15) is 13.2 Å². The van der Waals surface area contributed by atoms with Crippen LogP contribution in [0.4, 0.5) is 11.4 Å². The van der Waals surface area contributed by atoms with E-state index in [0.717, 1.165) is 24.1 Å². The zero-order valence-corrected chi connectivity index (χ0v) is 16.0. The lowest BCUT2D eigenvalue weighted by molar-refractivity contribution is -0.116. The van der Waals surface area contributed by atoms with Crippen LogP contribution >= 0.6 is 11.6 Å². The average molecular weight is 395 g/mol. The Hall–Kier alpha value is -2.25. The molecule has 8 heteroatoms. The van der Waals surface area contributed by atoms with E-state index >= 15 is 0 Å². The van der Waals surface area contributed by atoms with Gasteiger partial charge < -0.3 is 9.64 Å². The topological polar surface area (TPSA) is 75.7 Å². The van der Waals surface area contributed by atoms with Crippen molar-refractivity contribution in [1.82, 2.24) is 0 Å². The van der Waals surface area contributed by atoms with Crippen molar-refractivity contribution in [2.24, 2.45) is 0 Å². The lowest BCUT2D eigenvalue weighted by Gasteiger charge is -2.28. The molecule has 0 atom stereocenters. The lowest BCUT2D eigenvalue weighted by atomic mass is 10.0. The van der Waals surface area contributed by atoms with Crippen LogP contribution in [-0.2, 0) is 21.2 Å². The highest BCUT2D eigenvalue weighted by Gasteiger charge is 2.23. The Morgan fingerprint density at radius 2 is 2.00 bits per heavy atom. The maximum Gasteiger partial charge on any atom is 0.261 e. The number of nitrogens with zero attached hydrogens (tertiary/aromatic N) is 1. The zero-order chi connectivity index (χ0) is 18.9. The number of hydrogen-bond donors (Lipinski definition) is 1. The Kier molecular flexibility index (Phi) is 5.11. The second kappa shape index (κ2) is 7.17. The second-order valence-electron chi connectivity index (χ2n) is 6.02. The molecule has 3 rings (SSSR count). The molecule has 0 aliphatic carbocycles. The van der Waals surface area contributed by atoms with Crippen molar-refractivity contribution in [3.8, 4) is 5.75 Å². The smallest absolute Gasteiger partial charge is 0.261 e. The number of ether oxygens (including phenoxy) is 1. The van der Waals surface area contributed by atoms with Crippen molar-refractivity contribution >= 4 is 38.9 Å². The fourth-order valence-electron chi connectivity index (χ4n) is 3.01. The average Bonchev–Trinajstić information content (AvgIpc) is 2.60. The molecule has 0 spiro atoms. The van der Waals surface area contributed by atoms with Crippen LogP contribution in [0.5, 0.6) is 5.75 Å². The Morgan fingerprint density at radius 1 is 1.23 bits per heavy atom. The molecule has 1 aliphatic rings. The number of amides is 1. The SMILES string of the molecule is COc1ccc(NS(=O)(=O)c2ccc3c(c2)CCCN3C(C)=O)cc1Cl. The summed E-state index contributed by atoms with van der Waals surface area (Å²) in [5.74, 6) is 0.417. The third-order valence-electron chi connectivity index (χ3n) is 4.26. The molecule has 2 aromatic carbocycles. The summed E-state index contributed by atoms with van der Waals surface area (Å²) in [6.07, 6.45) is 1.54. The minimum Gasteiger partial charge on any atom is -0.495 e. The molecule has 0 saturated carbocycles. The first kappa shape index (κ1) is 18.5. The second-order valence-corrected chi connectivity index (χ2v) is 8.11. The maximum atomic E-state index is 12.7. The summed E-state index contributed by atoms with van der Waals surface area (Å²) in [5.41, 5.74) is 1.97. The number of carbonyl (C=O) groups is 1. The highest BCUT2D eigenvalue weighted by Crippen LogP contribution is 2.31. The molecular formula is C18H19ClN2O4S. The number of methoxy groups -OCH3 is 1. The number of aryl methyl sites for hydroxylation is 1. The van der Waals surface area contributed by atoms with Gasteiger partial charge in [0.05, 0.1) is 22.7 Å². The molecule has 0 saturated heterocycles. The number of hydrogen-bond acceptors (Lipinski definition) is 4. The molecule has 1 N–H and O–H groups in total. The summed E-state index contributed by atoms with van der Waals surface area (Å²) in [5, 5.41) is 0.315. The highest BCUT2D eigenvalue weighted by atomic mass is 35.5. The standard InChI is InChI=1S/C18H19ClN2O4S/c1-12(22)21-9-3-4-13-10-15(6-7-17(13)21)26(23,24)20-14-5-8-18(25-2)16(19)11-14/h5-8,10-11,20H,3-4,9H2,1-2H3. The Balaban J connectivity index is 1.90. The normalized spacial score (nSPS) is 13.9. The van der Waals surface area contributed by atoms with Crippen LogP contribution in [0.1, 0.15) is 18.9 Å². The number of halogens is 1. The van der Waals surface area contributed by atoms with E-state index in [0.29, 0.717) is 23.0 Å². The molecule has 1 aliphatic heterocycles. The minimum absolute atomic E-state index is 0.0486. The first-order valence-corrected chi connectivity index (χ1v) is 9.95. The molecule has 1 amide bonds. The van der Waals surface area contributed by atoms with Gasteiger partial charge in [-0.15, -0.1) is 0 Å². The summed E-state index contributed by atoms with van der Waals surface area (Å²) >= 11 is 6.05. The summed E-state index contributed by atoms with van der Waals surface area (Å²) in [6, 6.07) is 9.49. The summed E-state index contributed by atoms with van der Waals surface area (Å²) in [6.45, 7) is 2.16. The molecule has 0 radical (unpaired) electrons. The summed E-state index contributed by atoms with van der Waals surface area (Å²) < 4.78 is 33.0. The number of sulfonamides is 1. The molecule has 1 heterocycles. The number of fused-ring (bicyclic) bond motifs is 1. The first-order valence-electron chi connectivity index (χ1n) is 8.09. The largest absolute Gasteiger partial charge is 0.495 e.